The molecule has 0 atom stereocenters. The van der Waals surface area contributed by atoms with Gasteiger partial charge in [-0.25, -0.2) is 4.98 Å². The molecule has 0 saturated heterocycles. The molecular weight excluding hydrogens is 342 g/mol. The Morgan fingerprint density at radius 2 is 2.00 bits per heavy atom. The van der Waals surface area contributed by atoms with Gasteiger partial charge in [-0.1, -0.05) is 22.0 Å². The van der Waals surface area contributed by atoms with E-state index >= 15 is 0 Å². The Kier molecular flexibility index (Phi) is 4.53. The molecule has 2 aromatic heterocycles. The number of hydrogen-bond acceptors (Lipinski definition) is 2. The second-order valence-electron chi connectivity index (χ2n) is 5.04. The van der Waals surface area contributed by atoms with Crippen LogP contribution in [0.15, 0.2) is 59.3 Å². The Balaban J connectivity index is 1.51. The van der Waals surface area contributed by atoms with Crippen molar-refractivity contribution in [2.75, 3.05) is 6.54 Å². The number of carbonyl (C=O) groups excluding carboxylic acids is 1. The van der Waals surface area contributed by atoms with Crippen molar-refractivity contribution in [2.45, 2.75) is 12.8 Å². The number of hydrogen-bond donors (Lipinski definition) is 1. The highest BCUT2D eigenvalue weighted by Gasteiger charge is 2.05. The summed E-state index contributed by atoms with van der Waals surface area (Å²) in [6, 6.07) is 13.4. The molecule has 0 aliphatic rings. The highest BCUT2D eigenvalue weighted by Crippen LogP contribution is 2.10. The average molecular weight is 358 g/mol. The molecule has 1 N–H and O–H groups in total. The summed E-state index contributed by atoms with van der Waals surface area (Å²) >= 11 is 3.36. The number of pyridine rings is 1. The summed E-state index contributed by atoms with van der Waals surface area (Å²) in [7, 11) is 0. The van der Waals surface area contributed by atoms with Crippen LogP contribution in [0.2, 0.25) is 0 Å². The van der Waals surface area contributed by atoms with Gasteiger partial charge in [0.2, 0.25) is 0 Å². The molecule has 4 nitrogen and oxygen atoms in total. The van der Waals surface area contributed by atoms with E-state index in [1.807, 2.05) is 54.9 Å². The molecule has 0 bridgehead atoms. The molecule has 3 rings (SSSR count). The first-order valence-corrected chi connectivity index (χ1v) is 7.98. The molecule has 3 aromatic rings. The van der Waals surface area contributed by atoms with Gasteiger partial charge in [0, 0.05) is 29.2 Å². The van der Waals surface area contributed by atoms with E-state index in [-0.39, 0.29) is 5.91 Å². The number of nitrogens with one attached hydrogen (secondary N) is 1. The fourth-order valence-corrected chi connectivity index (χ4v) is 2.60. The molecule has 0 saturated carbocycles. The monoisotopic (exact) mass is 357 g/mol. The lowest BCUT2D eigenvalue weighted by molar-refractivity contribution is 0.0953. The first-order chi connectivity index (χ1) is 10.7. The molecule has 0 radical (unpaired) electrons. The Labute approximate surface area is 137 Å². The zero-order chi connectivity index (χ0) is 15.4. The number of carbonyl (C=O) groups is 1. The molecule has 0 spiro atoms. The Morgan fingerprint density at radius 3 is 2.82 bits per heavy atom. The minimum Gasteiger partial charge on any atom is -0.352 e. The molecule has 0 unspecified atom stereocenters. The van der Waals surface area contributed by atoms with Crippen LogP contribution < -0.4 is 5.32 Å². The van der Waals surface area contributed by atoms with Crippen molar-refractivity contribution in [1.29, 1.82) is 0 Å². The number of halogens is 1. The van der Waals surface area contributed by atoms with Crippen LogP contribution in [0.4, 0.5) is 0 Å². The lowest BCUT2D eigenvalue weighted by atomic mass is 10.2. The Bertz CT molecular complexity index is 780. The van der Waals surface area contributed by atoms with E-state index in [0.29, 0.717) is 12.1 Å². The molecule has 2 heterocycles. The third kappa shape index (κ3) is 3.36. The third-order valence-electron chi connectivity index (χ3n) is 3.48. The highest BCUT2D eigenvalue weighted by molar-refractivity contribution is 9.10. The lowest BCUT2D eigenvalue weighted by Crippen LogP contribution is -2.24. The molecule has 0 aliphatic heterocycles. The fourth-order valence-electron chi connectivity index (χ4n) is 2.34. The van der Waals surface area contributed by atoms with Crippen LogP contribution in [0.1, 0.15) is 22.6 Å². The number of nitrogens with zero attached hydrogens (tertiary/aromatic N) is 2. The van der Waals surface area contributed by atoms with Crippen LogP contribution in [0, 0.1) is 0 Å². The normalized spacial score (nSPS) is 10.8. The summed E-state index contributed by atoms with van der Waals surface area (Å²) in [5.41, 5.74) is 1.77. The van der Waals surface area contributed by atoms with Crippen LogP contribution in [0.25, 0.3) is 5.52 Å². The fraction of sp³-hybridized carbons (Fsp3) is 0.176. The number of rotatable bonds is 5. The molecule has 5 heteroatoms. The second-order valence-corrected chi connectivity index (χ2v) is 5.95. The second kappa shape index (κ2) is 6.75. The van der Waals surface area contributed by atoms with Gasteiger partial charge in [-0.15, -0.1) is 0 Å². The predicted octanol–water partition coefficient (Wildman–Crippen LogP) is 3.46. The zero-order valence-electron chi connectivity index (χ0n) is 12.0. The molecule has 1 aromatic carbocycles. The van der Waals surface area contributed by atoms with E-state index in [9.17, 15) is 4.79 Å². The van der Waals surface area contributed by atoms with E-state index in [4.69, 9.17) is 0 Å². The van der Waals surface area contributed by atoms with Crippen molar-refractivity contribution in [2.24, 2.45) is 0 Å². The molecular formula is C17H16BrN3O. The maximum atomic E-state index is 12.0. The van der Waals surface area contributed by atoms with Gasteiger partial charge in [-0.05, 0) is 42.8 Å². The molecule has 0 fully saturated rings. The SMILES string of the molecule is O=C(NCCCc1ncc2ccccn12)c1ccc(Br)cc1. The largest absolute Gasteiger partial charge is 0.352 e. The summed E-state index contributed by atoms with van der Waals surface area (Å²) in [5, 5.41) is 2.94. The maximum Gasteiger partial charge on any atom is 0.251 e. The van der Waals surface area contributed by atoms with Crippen LogP contribution in [0.3, 0.4) is 0 Å². The third-order valence-corrected chi connectivity index (χ3v) is 4.01. The first kappa shape index (κ1) is 14.8. The molecule has 0 aliphatic carbocycles. The van der Waals surface area contributed by atoms with Crippen LogP contribution in [0.5, 0.6) is 0 Å². The molecule has 112 valence electrons. The summed E-state index contributed by atoms with van der Waals surface area (Å²) in [5.74, 6) is 0.981. The van der Waals surface area contributed by atoms with Crippen molar-refractivity contribution in [3.05, 3.63) is 70.7 Å². The summed E-state index contributed by atoms with van der Waals surface area (Å²) < 4.78 is 3.05. The van der Waals surface area contributed by atoms with Gasteiger partial charge in [-0.2, -0.15) is 0 Å². The Hall–Kier alpha value is -2.14. The number of benzene rings is 1. The van der Waals surface area contributed by atoms with Crippen molar-refractivity contribution in [3.8, 4) is 0 Å². The molecule has 22 heavy (non-hydrogen) atoms. The van der Waals surface area contributed by atoms with Gasteiger partial charge in [0.1, 0.15) is 5.82 Å². The van der Waals surface area contributed by atoms with Gasteiger partial charge in [0.25, 0.3) is 5.91 Å². The van der Waals surface area contributed by atoms with Crippen molar-refractivity contribution >= 4 is 27.4 Å². The van der Waals surface area contributed by atoms with E-state index in [0.717, 1.165) is 28.7 Å². The number of aromatic nitrogens is 2. The van der Waals surface area contributed by atoms with Gasteiger partial charge in [-0.3, -0.25) is 4.79 Å². The van der Waals surface area contributed by atoms with Crippen molar-refractivity contribution in [1.82, 2.24) is 14.7 Å². The number of imidazole rings is 1. The first-order valence-electron chi connectivity index (χ1n) is 7.19. The molecule has 1 amide bonds. The quantitative estimate of drug-likeness (QED) is 0.710. The zero-order valence-corrected chi connectivity index (χ0v) is 13.6. The number of amides is 1. The van der Waals surface area contributed by atoms with E-state index < -0.39 is 0 Å². The lowest BCUT2D eigenvalue weighted by Gasteiger charge is -2.05. The van der Waals surface area contributed by atoms with Crippen LogP contribution >= 0.6 is 15.9 Å². The van der Waals surface area contributed by atoms with Gasteiger partial charge >= 0.3 is 0 Å². The minimum atomic E-state index is -0.0412. The van der Waals surface area contributed by atoms with Crippen molar-refractivity contribution in [3.63, 3.8) is 0 Å². The highest BCUT2D eigenvalue weighted by atomic mass is 79.9. The minimum absolute atomic E-state index is 0.0412. The number of aryl methyl sites for hydroxylation is 1. The number of fused-ring (bicyclic) bond motifs is 1. The maximum absolute atomic E-state index is 12.0. The van der Waals surface area contributed by atoms with Gasteiger partial charge in [0.05, 0.1) is 11.7 Å². The summed E-state index contributed by atoms with van der Waals surface area (Å²) in [4.78, 5) is 16.4. The van der Waals surface area contributed by atoms with Crippen molar-refractivity contribution < 1.29 is 4.79 Å². The smallest absolute Gasteiger partial charge is 0.251 e. The van der Waals surface area contributed by atoms with Crippen LogP contribution in [-0.4, -0.2) is 21.8 Å². The predicted molar refractivity (Wildman–Crippen MR) is 90.0 cm³/mol. The van der Waals surface area contributed by atoms with E-state index in [1.54, 1.807) is 0 Å². The van der Waals surface area contributed by atoms with Gasteiger partial charge in [0.15, 0.2) is 0 Å². The summed E-state index contributed by atoms with van der Waals surface area (Å²) in [6.07, 6.45) is 5.57. The standard InChI is InChI=1S/C17H16BrN3O/c18-14-8-6-13(7-9-14)17(22)19-10-3-5-16-20-12-15-4-1-2-11-21(15)16/h1-2,4,6-9,11-12H,3,5,10H2,(H,19,22). The topological polar surface area (TPSA) is 46.4 Å². The summed E-state index contributed by atoms with van der Waals surface area (Å²) in [6.45, 7) is 0.636. The van der Waals surface area contributed by atoms with Crippen LogP contribution in [-0.2, 0) is 6.42 Å². The van der Waals surface area contributed by atoms with E-state index in [2.05, 4.69) is 30.6 Å². The van der Waals surface area contributed by atoms with Gasteiger partial charge < -0.3 is 9.72 Å². The average Bonchev–Trinajstić information content (AvgIpc) is 2.95. The Morgan fingerprint density at radius 1 is 1.18 bits per heavy atom. The van der Waals surface area contributed by atoms with E-state index in [1.165, 1.54) is 0 Å².